The third-order valence-electron chi connectivity index (χ3n) is 15.0. The van der Waals surface area contributed by atoms with Gasteiger partial charge >= 0.3 is 0 Å². The first-order chi connectivity index (χ1) is 34.3. The summed E-state index contributed by atoms with van der Waals surface area (Å²) in [4.78, 5) is 10.3. The molecule has 330 valence electrons. The first-order valence-corrected chi connectivity index (χ1v) is 25.0. The van der Waals surface area contributed by atoms with Crippen LogP contribution in [0.5, 0.6) is 0 Å². The predicted molar refractivity (Wildman–Crippen MR) is 300 cm³/mol. The molecule has 0 bridgehead atoms. The fraction of sp³-hybridized carbons (Fsp3) is 0.0615. The summed E-state index contributed by atoms with van der Waals surface area (Å²) in [6.07, 6.45) is 0. The topological polar surface area (TPSA) is 23.8 Å². The van der Waals surface area contributed by atoms with Crippen molar-refractivity contribution in [2.75, 3.05) is 9.80 Å². The standard InChI is InChI=1S/C65H44N4S/c1-65(2,3)41-28-31-46-51(35-41)44-17-4-5-18-45(44)53-37-61-60(38-54(46)53)67(42-16-14-15-39(33-42)40-27-30-49-48-20-7-13-26-62(48)70-63(49)34-40)58-24-11-12-25-59(58)68(61)43-29-32-50-52(36-43)47-19-6-9-22-56(47)69-57-23-10-8-21-55(57)66-64(50)69/h4-38H,1-3H3. The number of fused-ring (bicyclic) bond motifs is 19. The molecule has 11 aromatic carbocycles. The zero-order chi connectivity index (χ0) is 46.4. The second-order valence-electron chi connectivity index (χ2n) is 20.0. The Morgan fingerprint density at radius 2 is 0.914 bits per heavy atom. The van der Waals surface area contributed by atoms with E-state index < -0.39 is 0 Å². The van der Waals surface area contributed by atoms with Gasteiger partial charge in [0.15, 0.2) is 0 Å². The number of pyridine rings is 1. The molecular formula is C65H44N4S. The minimum absolute atomic E-state index is 0.00958. The van der Waals surface area contributed by atoms with E-state index in [0.717, 1.165) is 61.7 Å². The lowest BCUT2D eigenvalue weighted by atomic mass is 9.84. The lowest BCUT2D eigenvalue weighted by molar-refractivity contribution is 0.591. The minimum atomic E-state index is 0.00958. The molecule has 0 aliphatic carbocycles. The highest BCUT2D eigenvalue weighted by Gasteiger charge is 2.32. The van der Waals surface area contributed by atoms with Crippen LogP contribution in [0.3, 0.4) is 0 Å². The molecule has 15 rings (SSSR count). The first-order valence-electron chi connectivity index (χ1n) is 24.2. The van der Waals surface area contributed by atoms with Gasteiger partial charge < -0.3 is 9.80 Å². The second-order valence-corrected chi connectivity index (χ2v) is 21.1. The van der Waals surface area contributed by atoms with Crippen LogP contribution >= 0.6 is 11.3 Å². The fourth-order valence-electron chi connectivity index (χ4n) is 11.6. The van der Waals surface area contributed by atoms with Gasteiger partial charge in [-0.2, -0.15) is 0 Å². The Hall–Kier alpha value is -8.51. The maximum atomic E-state index is 5.25. The third kappa shape index (κ3) is 5.67. The Morgan fingerprint density at radius 3 is 1.67 bits per heavy atom. The van der Waals surface area contributed by atoms with E-state index in [9.17, 15) is 0 Å². The van der Waals surface area contributed by atoms with Crippen LogP contribution in [0.4, 0.5) is 34.1 Å². The highest BCUT2D eigenvalue weighted by atomic mass is 32.1. The molecule has 0 saturated heterocycles. The zero-order valence-electron chi connectivity index (χ0n) is 38.9. The van der Waals surface area contributed by atoms with Crippen molar-refractivity contribution in [3.8, 4) is 11.1 Å². The second kappa shape index (κ2) is 14.5. The van der Waals surface area contributed by atoms with Crippen molar-refractivity contribution in [1.29, 1.82) is 0 Å². The van der Waals surface area contributed by atoms with E-state index in [-0.39, 0.29) is 5.41 Å². The van der Waals surface area contributed by atoms with Crippen molar-refractivity contribution in [1.82, 2.24) is 9.38 Å². The first kappa shape index (κ1) is 39.5. The van der Waals surface area contributed by atoms with Gasteiger partial charge in [-0.05, 0) is 151 Å². The number of benzene rings is 11. The van der Waals surface area contributed by atoms with Crippen LogP contribution < -0.4 is 9.80 Å². The van der Waals surface area contributed by atoms with Crippen LogP contribution in [0.2, 0.25) is 0 Å². The molecule has 0 atom stereocenters. The van der Waals surface area contributed by atoms with Gasteiger partial charge in [0.1, 0.15) is 5.65 Å². The van der Waals surface area contributed by atoms with E-state index in [1.54, 1.807) is 0 Å². The lowest BCUT2D eigenvalue weighted by Gasteiger charge is -2.41. The minimum Gasteiger partial charge on any atom is -0.306 e. The molecule has 1 aliphatic heterocycles. The molecule has 0 radical (unpaired) electrons. The van der Waals surface area contributed by atoms with E-state index in [1.165, 1.54) is 80.0 Å². The van der Waals surface area contributed by atoms with Crippen molar-refractivity contribution >= 4 is 136 Å². The predicted octanol–water partition coefficient (Wildman–Crippen LogP) is 18.8. The van der Waals surface area contributed by atoms with E-state index in [2.05, 4.69) is 247 Å². The average Bonchev–Trinajstić information content (AvgIpc) is 3.98. The number of para-hydroxylation sites is 5. The van der Waals surface area contributed by atoms with Crippen molar-refractivity contribution in [3.63, 3.8) is 0 Å². The molecule has 0 spiro atoms. The molecule has 0 unspecified atom stereocenters. The molecule has 0 saturated carbocycles. The Balaban J connectivity index is 1.01. The zero-order valence-corrected chi connectivity index (χ0v) is 39.7. The molecule has 5 heteroatoms. The highest BCUT2D eigenvalue weighted by molar-refractivity contribution is 7.25. The Morgan fingerprint density at radius 1 is 0.357 bits per heavy atom. The third-order valence-corrected chi connectivity index (χ3v) is 16.1. The summed E-state index contributed by atoms with van der Waals surface area (Å²) >= 11 is 1.87. The quantitative estimate of drug-likeness (QED) is 0.165. The van der Waals surface area contributed by atoms with E-state index in [0.29, 0.717) is 0 Å². The summed E-state index contributed by atoms with van der Waals surface area (Å²) in [5, 5.41) is 13.7. The van der Waals surface area contributed by atoms with Crippen molar-refractivity contribution < 1.29 is 0 Å². The normalized spacial score (nSPS) is 13.0. The van der Waals surface area contributed by atoms with Gasteiger partial charge in [0.25, 0.3) is 0 Å². The number of hydrogen-bond donors (Lipinski definition) is 0. The van der Waals surface area contributed by atoms with Crippen LogP contribution in [0.25, 0.3) is 102 Å². The van der Waals surface area contributed by atoms with Crippen LogP contribution in [0.15, 0.2) is 212 Å². The van der Waals surface area contributed by atoms with Gasteiger partial charge in [0.05, 0.1) is 39.3 Å². The van der Waals surface area contributed by atoms with Crippen molar-refractivity contribution in [2.24, 2.45) is 0 Å². The number of imidazole rings is 1. The molecule has 0 amide bonds. The summed E-state index contributed by atoms with van der Waals surface area (Å²) in [5.74, 6) is 0. The van der Waals surface area contributed by atoms with Crippen LogP contribution in [0.1, 0.15) is 26.3 Å². The average molecular weight is 913 g/mol. The van der Waals surface area contributed by atoms with Crippen molar-refractivity contribution in [2.45, 2.75) is 26.2 Å². The summed E-state index contributed by atoms with van der Waals surface area (Å²) in [6.45, 7) is 6.92. The van der Waals surface area contributed by atoms with Gasteiger partial charge in [-0.1, -0.05) is 142 Å². The number of anilines is 6. The van der Waals surface area contributed by atoms with Gasteiger partial charge in [0, 0.05) is 42.3 Å². The SMILES string of the molecule is CC(C)(C)c1ccc2c(c1)c1ccccc1c1cc3c(cc21)N(c1cccc(-c2ccc4c(c2)sc2ccccc24)c1)c1ccccc1N3c1ccc2c(c1)c1ccccc1n1c3ccccc3nc21. The fourth-order valence-corrected chi connectivity index (χ4v) is 12.8. The molecule has 4 heterocycles. The van der Waals surface area contributed by atoms with Gasteiger partial charge in [-0.15, -0.1) is 11.3 Å². The maximum absolute atomic E-state index is 5.25. The summed E-state index contributed by atoms with van der Waals surface area (Å²) in [6, 6.07) is 79.1. The molecule has 0 fully saturated rings. The Labute approximate surface area is 408 Å². The van der Waals surface area contributed by atoms with Gasteiger partial charge in [-0.3, -0.25) is 4.40 Å². The highest BCUT2D eigenvalue weighted by Crippen LogP contribution is 2.57. The van der Waals surface area contributed by atoms with Gasteiger partial charge in [-0.25, -0.2) is 4.98 Å². The molecule has 4 nitrogen and oxygen atoms in total. The number of nitrogens with zero attached hydrogens (tertiary/aromatic N) is 4. The monoisotopic (exact) mass is 912 g/mol. The number of thiophene rings is 1. The molecule has 3 aromatic heterocycles. The van der Waals surface area contributed by atoms with E-state index >= 15 is 0 Å². The largest absolute Gasteiger partial charge is 0.306 e. The van der Waals surface area contributed by atoms with Crippen molar-refractivity contribution in [3.05, 3.63) is 218 Å². The van der Waals surface area contributed by atoms with Crippen LogP contribution in [-0.4, -0.2) is 9.38 Å². The van der Waals surface area contributed by atoms with E-state index in [1.807, 2.05) is 11.3 Å². The summed E-state index contributed by atoms with van der Waals surface area (Å²) < 4.78 is 4.95. The Bertz CT molecular complexity index is 4550. The number of hydrogen-bond acceptors (Lipinski definition) is 4. The van der Waals surface area contributed by atoms with Crippen LogP contribution in [0, 0.1) is 0 Å². The van der Waals surface area contributed by atoms with Crippen LogP contribution in [-0.2, 0) is 5.41 Å². The lowest BCUT2D eigenvalue weighted by Crippen LogP contribution is -2.24. The summed E-state index contributed by atoms with van der Waals surface area (Å²) in [7, 11) is 0. The summed E-state index contributed by atoms with van der Waals surface area (Å²) in [5.41, 5.74) is 14.6. The molecular weight excluding hydrogens is 869 g/mol. The van der Waals surface area contributed by atoms with E-state index in [4.69, 9.17) is 4.98 Å². The molecule has 14 aromatic rings. The maximum Gasteiger partial charge on any atom is 0.146 e. The Kier molecular flexibility index (Phi) is 8.18. The molecule has 1 aliphatic rings. The van der Waals surface area contributed by atoms with Gasteiger partial charge in [0.2, 0.25) is 0 Å². The molecule has 0 N–H and O–H groups in total. The number of rotatable bonds is 3. The molecule has 70 heavy (non-hydrogen) atoms. The smallest absolute Gasteiger partial charge is 0.146 e. The number of aromatic nitrogens is 2.